The van der Waals surface area contributed by atoms with E-state index in [2.05, 4.69) is 6.92 Å². The van der Waals surface area contributed by atoms with Gasteiger partial charge in [0.1, 0.15) is 9.84 Å². The van der Waals surface area contributed by atoms with Crippen LogP contribution in [-0.4, -0.2) is 19.9 Å². The molecular formula is C9H16O2S. The van der Waals surface area contributed by atoms with Gasteiger partial charge >= 0.3 is 0 Å². The molecule has 3 heteroatoms. The average Bonchev–Trinajstić information content (AvgIpc) is 2.02. The molecule has 12 heavy (non-hydrogen) atoms. The van der Waals surface area contributed by atoms with E-state index in [0.717, 1.165) is 18.8 Å². The first-order chi connectivity index (χ1) is 5.54. The Morgan fingerprint density at radius 3 is 2.08 bits per heavy atom. The van der Waals surface area contributed by atoms with Gasteiger partial charge in [0.25, 0.3) is 0 Å². The molecule has 1 atom stereocenters. The molecular weight excluding hydrogens is 172 g/mol. The monoisotopic (exact) mass is 188 g/mol. The molecule has 2 aliphatic rings. The predicted molar refractivity (Wildman–Crippen MR) is 48.7 cm³/mol. The van der Waals surface area contributed by atoms with Gasteiger partial charge in [0.05, 0.1) is 11.5 Å². The van der Waals surface area contributed by atoms with Gasteiger partial charge in [0.15, 0.2) is 0 Å². The molecule has 0 bridgehead atoms. The van der Waals surface area contributed by atoms with Crippen molar-refractivity contribution in [1.29, 1.82) is 0 Å². The van der Waals surface area contributed by atoms with Crippen molar-refractivity contribution in [3.05, 3.63) is 0 Å². The van der Waals surface area contributed by atoms with Gasteiger partial charge in [0.2, 0.25) is 0 Å². The van der Waals surface area contributed by atoms with E-state index in [1.165, 1.54) is 12.8 Å². The lowest BCUT2D eigenvalue weighted by molar-refractivity contribution is 0.0324. The van der Waals surface area contributed by atoms with Gasteiger partial charge in [0, 0.05) is 0 Å². The molecule has 0 aromatic heterocycles. The molecule has 2 fully saturated rings. The molecule has 1 saturated heterocycles. The second kappa shape index (κ2) is 2.47. The van der Waals surface area contributed by atoms with Crippen LogP contribution < -0.4 is 0 Å². The van der Waals surface area contributed by atoms with E-state index in [1.54, 1.807) is 0 Å². The van der Waals surface area contributed by atoms with Gasteiger partial charge in [-0.25, -0.2) is 8.42 Å². The summed E-state index contributed by atoms with van der Waals surface area (Å²) in [5.41, 5.74) is 0.436. The maximum absolute atomic E-state index is 11.2. The van der Waals surface area contributed by atoms with E-state index in [1.807, 2.05) is 0 Å². The predicted octanol–water partition coefficient (Wildman–Crippen LogP) is 1.61. The van der Waals surface area contributed by atoms with Gasteiger partial charge in [-0.2, -0.15) is 0 Å². The fourth-order valence-electron chi connectivity index (χ4n) is 2.53. The van der Waals surface area contributed by atoms with Crippen molar-refractivity contribution in [2.24, 2.45) is 11.3 Å². The molecule has 0 aromatic rings. The van der Waals surface area contributed by atoms with Crippen LogP contribution in [0.4, 0.5) is 0 Å². The summed E-state index contributed by atoms with van der Waals surface area (Å²) in [4.78, 5) is 0. The fourth-order valence-corrected chi connectivity index (χ4v) is 4.17. The van der Waals surface area contributed by atoms with Crippen LogP contribution in [0.3, 0.4) is 0 Å². The van der Waals surface area contributed by atoms with Crippen molar-refractivity contribution in [3.63, 3.8) is 0 Å². The lowest BCUT2D eigenvalue weighted by Crippen LogP contribution is -2.44. The van der Waals surface area contributed by atoms with Crippen LogP contribution in [0.2, 0.25) is 0 Å². The molecule has 0 aromatic carbocycles. The Morgan fingerprint density at radius 2 is 1.75 bits per heavy atom. The van der Waals surface area contributed by atoms with E-state index in [4.69, 9.17) is 0 Å². The van der Waals surface area contributed by atoms with E-state index >= 15 is 0 Å². The number of hydrogen-bond donors (Lipinski definition) is 0. The zero-order chi connectivity index (χ0) is 8.82. The van der Waals surface area contributed by atoms with Crippen LogP contribution in [-0.2, 0) is 9.84 Å². The lowest BCUT2D eigenvalue weighted by Gasteiger charge is -2.50. The fraction of sp³-hybridized carbons (Fsp3) is 1.00. The molecule has 2 rings (SSSR count). The molecule has 1 heterocycles. The number of rotatable bonds is 0. The van der Waals surface area contributed by atoms with Crippen LogP contribution in [0, 0.1) is 11.3 Å². The minimum Gasteiger partial charge on any atom is -0.229 e. The van der Waals surface area contributed by atoms with Crippen molar-refractivity contribution < 1.29 is 8.42 Å². The number of hydrogen-bond acceptors (Lipinski definition) is 2. The first kappa shape index (κ1) is 8.54. The lowest BCUT2D eigenvalue weighted by atomic mass is 9.58. The minimum atomic E-state index is -2.65. The normalized spacial score (nSPS) is 37.6. The van der Waals surface area contributed by atoms with Crippen LogP contribution in [0.15, 0.2) is 0 Å². The Hall–Kier alpha value is -0.0500. The molecule has 0 radical (unpaired) electrons. The van der Waals surface area contributed by atoms with Crippen molar-refractivity contribution in [3.8, 4) is 0 Å². The van der Waals surface area contributed by atoms with Crippen molar-refractivity contribution in [1.82, 2.24) is 0 Å². The number of sulfone groups is 1. The maximum Gasteiger partial charge on any atom is 0.150 e. The summed E-state index contributed by atoms with van der Waals surface area (Å²) in [6, 6.07) is 0. The van der Waals surface area contributed by atoms with Crippen molar-refractivity contribution >= 4 is 9.84 Å². The highest BCUT2D eigenvalue weighted by Crippen LogP contribution is 2.53. The van der Waals surface area contributed by atoms with Gasteiger partial charge in [-0.15, -0.1) is 0 Å². The van der Waals surface area contributed by atoms with Gasteiger partial charge in [-0.05, 0) is 37.0 Å². The third-order valence-electron chi connectivity index (χ3n) is 3.94. The van der Waals surface area contributed by atoms with E-state index in [0.29, 0.717) is 16.9 Å². The second-order valence-corrected chi connectivity index (χ2v) is 6.76. The molecule has 1 unspecified atom stereocenters. The molecule has 1 spiro atoms. The third kappa shape index (κ3) is 1.18. The van der Waals surface area contributed by atoms with E-state index in [9.17, 15) is 8.42 Å². The maximum atomic E-state index is 11.2. The topological polar surface area (TPSA) is 34.1 Å². The Bertz CT molecular complexity index is 265. The van der Waals surface area contributed by atoms with Gasteiger partial charge < -0.3 is 0 Å². The van der Waals surface area contributed by atoms with Gasteiger partial charge in [-0.3, -0.25) is 0 Å². The summed E-state index contributed by atoms with van der Waals surface area (Å²) in [5, 5.41) is 0. The molecule has 0 N–H and O–H groups in total. The summed E-state index contributed by atoms with van der Waals surface area (Å²) in [5.74, 6) is 1.65. The molecule has 70 valence electrons. The van der Waals surface area contributed by atoms with E-state index in [-0.39, 0.29) is 0 Å². The zero-order valence-corrected chi connectivity index (χ0v) is 8.36. The Kier molecular flexibility index (Phi) is 1.76. The molecule has 1 aliphatic carbocycles. The quantitative estimate of drug-likeness (QED) is 0.579. The van der Waals surface area contributed by atoms with Crippen LogP contribution in [0.1, 0.15) is 32.6 Å². The first-order valence-corrected chi connectivity index (χ1v) is 6.57. The third-order valence-corrected chi connectivity index (χ3v) is 5.59. The van der Waals surface area contributed by atoms with Crippen LogP contribution >= 0.6 is 0 Å². The standard InChI is InChI=1S/C9H16O2S/c1-8-2-3-9(8)4-6-12(10,11)7-5-9/h8H,2-7H2,1H3. The van der Waals surface area contributed by atoms with Gasteiger partial charge in [-0.1, -0.05) is 6.92 Å². The minimum absolute atomic E-state index is 0.436. The Balaban J connectivity index is 2.07. The SMILES string of the molecule is CC1CCC12CCS(=O)(=O)CC2. The smallest absolute Gasteiger partial charge is 0.150 e. The Morgan fingerprint density at radius 1 is 1.17 bits per heavy atom. The molecule has 0 amide bonds. The average molecular weight is 188 g/mol. The summed E-state index contributed by atoms with van der Waals surface area (Å²) in [6.07, 6.45) is 4.43. The molecule has 1 saturated carbocycles. The summed E-state index contributed by atoms with van der Waals surface area (Å²) in [7, 11) is -2.65. The molecule has 2 nitrogen and oxygen atoms in total. The van der Waals surface area contributed by atoms with E-state index < -0.39 is 9.84 Å². The first-order valence-electron chi connectivity index (χ1n) is 4.75. The largest absolute Gasteiger partial charge is 0.229 e. The Labute approximate surface area is 74.3 Å². The molecule has 1 aliphatic heterocycles. The van der Waals surface area contributed by atoms with Crippen molar-refractivity contribution in [2.75, 3.05) is 11.5 Å². The zero-order valence-electron chi connectivity index (χ0n) is 7.54. The highest BCUT2D eigenvalue weighted by atomic mass is 32.2. The second-order valence-electron chi connectivity index (χ2n) is 4.45. The highest BCUT2D eigenvalue weighted by Gasteiger charge is 2.46. The summed E-state index contributed by atoms with van der Waals surface area (Å²) >= 11 is 0. The highest BCUT2D eigenvalue weighted by molar-refractivity contribution is 7.91. The summed E-state index contributed by atoms with van der Waals surface area (Å²) < 4.78 is 22.4. The summed E-state index contributed by atoms with van der Waals surface area (Å²) in [6.45, 7) is 2.27. The van der Waals surface area contributed by atoms with Crippen LogP contribution in [0.5, 0.6) is 0 Å². The van der Waals surface area contributed by atoms with Crippen LogP contribution in [0.25, 0.3) is 0 Å². The van der Waals surface area contributed by atoms with Crippen molar-refractivity contribution in [2.45, 2.75) is 32.6 Å².